The van der Waals surface area contributed by atoms with E-state index in [9.17, 15) is 0 Å². The molecule has 2 aromatic carbocycles. The maximum absolute atomic E-state index is 6.19. The monoisotopic (exact) mass is 268 g/mol. The summed E-state index contributed by atoms with van der Waals surface area (Å²) in [5.74, 6) is 0.799. The highest BCUT2D eigenvalue weighted by Gasteiger charge is 2.20. The summed E-state index contributed by atoms with van der Waals surface area (Å²) in [7, 11) is 1.66. The van der Waals surface area contributed by atoms with Gasteiger partial charge in [0.05, 0.1) is 18.5 Å². The molecule has 1 heterocycles. The quantitative estimate of drug-likeness (QED) is 0.845. The van der Waals surface area contributed by atoms with Gasteiger partial charge in [-0.1, -0.05) is 17.7 Å². The molecule has 1 aliphatic heterocycles. The number of rotatable bonds is 2. The van der Waals surface area contributed by atoms with E-state index in [-0.39, 0.29) is 0 Å². The highest BCUT2D eigenvalue weighted by molar-refractivity contribution is 5.78. The van der Waals surface area contributed by atoms with Crippen molar-refractivity contribution in [2.45, 2.75) is 19.8 Å². The Morgan fingerprint density at radius 3 is 2.65 bits per heavy atom. The summed E-state index contributed by atoms with van der Waals surface area (Å²) in [6.07, 6.45) is 2.30. The molecule has 2 aromatic rings. The van der Waals surface area contributed by atoms with Gasteiger partial charge < -0.3 is 15.4 Å². The molecule has 0 radical (unpaired) electrons. The lowest BCUT2D eigenvalue weighted by Crippen LogP contribution is -2.25. The highest BCUT2D eigenvalue weighted by Crippen LogP contribution is 2.37. The molecular formula is C17H20N2O. The van der Waals surface area contributed by atoms with Crippen LogP contribution in [0.4, 0.5) is 17.1 Å². The normalized spacial score (nSPS) is 14.0. The second kappa shape index (κ2) is 5.08. The molecule has 3 nitrogen and oxygen atoms in total. The van der Waals surface area contributed by atoms with Gasteiger partial charge in [-0.25, -0.2) is 0 Å². The van der Waals surface area contributed by atoms with Crippen molar-refractivity contribution in [1.82, 2.24) is 0 Å². The molecule has 0 aliphatic carbocycles. The second-order valence-electron chi connectivity index (χ2n) is 5.31. The molecule has 0 spiro atoms. The van der Waals surface area contributed by atoms with Crippen molar-refractivity contribution in [3.05, 3.63) is 47.5 Å². The van der Waals surface area contributed by atoms with Gasteiger partial charge in [0.15, 0.2) is 0 Å². The van der Waals surface area contributed by atoms with Crippen LogP contribution in [0.3, 0.4) is 0 Å². The average molecular weight is 268 g/mol. The molecule has 0 fully saturated rings. The number of fused-ring (bicyclic) bond motifs is 1. The number of nitrogens with zero attached hydrogens (tertiary/aromatic N) is 1. The van der Waals surface area contributed by atoms with E-state index in [1.54, 1.807) is 7.11 Å². The van der Waals surface area contributed by atoms with Gasteiger partial charge in [0.1, 0.15) is 5.75 Å². The van der Waals surface area contributed by atoms with E-state index in [0.29, 0.717) is 0 Å². The molecule has 0 bridgehead atoms. The Balaban J connectivity index is 2.04. The molecule has 0 saturated heterocycles. The molecule has 2 N–H and O–H groups in total. The summed E-state index contributed by atoms with van der Waals surface area (Å²) in [5.41, 5.74) is 12.0. The molecule has 3 rings (SSSR count). The largest absolute Gasteiger partial charge is 0.497 e. The van der Waals surface area contributed by atoms with E-state index < -0.39 is 0 Å². The van der Waals surface area contributed by atoms with Gasteiger partial charge in [-0.3, -0.25) is 0 Å². The summed E-state index contributed by atoms with van der Waals surface area (Å²) < 4.78 is 5.22. The third kappa shape index (κ3) is 2.20. The Labute approximate surface area is 120 Å². The lowest BCUT2D eigenvalue weighted by Gasteiger charge is -2.32. The van der Waals surface area contributed by atoms with Crippen LogP contribution in [0, 0.1) is 6.92 Å². The molecule has 104 valence electrons. The molecule has 0 amide bonds. The number of methoxy groups -OCH3 is 1. The van der Waals surface area contributed by atoms with Gasteiger partial charge >= 0.3 is 0 Å². The van der Waals surface area contributed by atoms with Crippen LogP contribution in [0.25, 0.3) is 0 Å². The van der Waals surface area contributed by atoms with Crippen LogP contribution in [-0.4, -0.2) is 13.7 Å². The topological polar surface area (TPSA) is 38.5 Å². The molecule has 0 unspecified atom stereocenters. The van der Waals surface area contributed by atoms with Crippen molar-refractivity contribution >= 4 is 17.1 Å². The van der Waals surface area contributed by atoms with Gasteiger partial charge in [-0.2, -0.15) is 0 Å². The first-order valence-corrected chi connectivity index (χ1v) is 6.99. The van der Waals surface area contributed by atoms with Gasteiger partial charge in [0.25, 0.3) is 0 Å². The Hall–Kier alpha value is -2.16. The van der Waals surface area contributed by atoms with Gasteiger partial charge in [0, 0.05) is 18.3 Å². The van der Waals surface area contributed by atoms with Crippen molar-refractivity contribution in [3.63, 3.8) is 0 Å². The van der Waals surface area contributed by atoms with E-state index in [0.717, 1.165) is 36.5 Å². The number of nitrogen functional groups attached to an aromatic ring is 1. The van der Waals surface area contributed by atoms with Crippen LogP contribution < -0.4 is 15.4 Å². The van der Waals surface area contributed by atoms with E-state index in [2.05, 4.69) is 30.0 Å². The second-order valence-corrected chi connectivity index (χ2v) is 5.31. The summed E-state index contributed by atoms with van der Waals surface area (Å²) in [6.45, 7) is 3.15. The standard InChI is InChI=1S/C17H20N2O/c1-12-5-7-16-13(10-12)4-3-9-19(16)17-8-6-14(20-2)11-15(17)18/h5-8,10-11H,3-4,9,18H2,1-2H3. The third-order valence-corrected chi connectivity index (χ3v) is 3.88. The molecule has 1 aliphatic rings. The van der Waals surface area contributed by atoms with Crippen LogP contribution >= 0.6 is 0 Å². The summed E-state index contributed by atoms with van der Waals surface area (Å²) in [5, 5.41) is 0. The first-order chi connectivity index (χ1) is 9.69. The maximum atomic E-state index is 6.19. The van der Waals surface area contributed by atoms with Crippen molar-refractivity contribution in [1.29, 1.82) is 0 Å². The zero-order chi connectivity index (χ0) is 14.1. The summed E-state index contributed by atoms with van der Waals surface area (Å²) in [6, 6.07) is 12.5. The molecule has 0 saturated carbocycles. The molecule has 0 atom stereocenters. The van der Waals surface area contributed by atoms with Gasteiger partial charge in [0.2, 0.25) is 0 Å². The predicted octanol–water partition coefficient (Wildman–Crippen LogP) is 3.67. The molecule has 20 heavy (non-hydrogen) atoms. The lowest BCUT2D eigenvalue weighted by molar-refractivity contribution is 0.415. The van der Waals surface area contributed by atoms with Crippen LogP contribution in [0.15, 0.2) is 36.4 Å². The Kier molecular flexibility index (Phi) is 3.26. The lowest BCUT2D eigenvalue weighted by atomic mass is 9.99. The van der Waals surface area contributed by atoms with Crippen LogP contribution in [0.2, 0.25) is 0 Å². The maximum Gasteiger partial charge on any atom is 0.121 e. The first kappa shape index (κ1) is 12.9. The van der Waals surface area contributed by atoms with Crippen LogP contribution in [0.1, 0.15) is 17.5 Å². The fourth-order valence-electron chi connectivity index (χ4n) is 2.88. The number of hydrogen-bond acceptors (Lipinski definition) is 3. The fourth-order valence-corrected chi connectivity index (χ4v) is 2.88. The van der Waals surface area contributed by atoms with Crippen molar-refractivity contribution in [2.75, 3.05) is 24.3 Å². The van der Waals surface area contributed by atoms with Gasteiger partial charge in [-0.05, 0) is 43.5 Å². The summed E-state index contributed by atoms with van der Waals surface area (Å²) >= 11 is 0. The molecular weight excluding hydrogens is 248 g/mol. The van der Waals surface area contributed by atoms with Crippen molar-refractivity contribution < 1.29 is 4.74 Å². The van der Waals surface area contributed by atoms with E-state index in [1.807, 2.05) is 18.2 Å². The fraction of sp³-hybridized carbons (Fsp3) is 0.294. The zero-order valence-corrected chi connectivity index (χ0v) is 12.0. The zero-order valence-electron chi connectivity index (χ0n) is 12.0. The van der Waals surface area contributed by atoms with E-state index in [4.69, 9.17) is 10.5 Å². The average Bonchev–Trinajstić information content (AvgIpc) is 2.46. The predicted molar refractivity (Wildman–Crippen MR) is 83.9 cm³/mol. The minimum Gasteiger partial charge on any atom is -0.497 e. The number of hydrogen-bond donors (Lipinski definition) is 1. The number of nitrogens with two attached hydrogens (primary N) is 1. The van der Waals surface area contributed by atoms with Crippen LogP contribution in [0.5, 0.6) is 5.75 Å². The van der Waals surface area contributed by atoms with Crippen LogP contribution in [-0.2, 0) is 6.42 Å². The van der Waals surface area contributed by atoms with Crippen molar-refractivity contribution in [3.8, 4) is 5.75 Å². The Morgan fingerprint density at radius 2 is 1.90 bits per heavy atom. The minimum absolute atomic E-state index is 0.762. The SMILES string of the molecule is COc1ccc(N2CCCc3cc(C)ccc32)c(N)c1. The van der Waals surface area contributed by atoms with E-state index >= 15 is 0 Å². The highest BCUT2D eigenvalue weighted by atomic mass is 16.5. The molecule has 0 aromatic heterocycles. The molecule has 3 heteroatoms. The van der Waals surface area contributed by atoms with Gasteiger partial charge in [-0.15, -0.1) is 0 Å². The van der Waals surface area contributed by atoms with Crippen molar-refractivity contribution in [2.24, 2.45) is 0 Å². The minimum atomic E-state index is 0.762. The number of ether oxygens (including phenoxy) is 1. The number of anilines is 3. The number of aryl methyl sites for hydroxylation is 2. The smallest absolute Gasteiger partial charge is 0.121 e. The summed E-state index contributed by atoms with van der Waals surface area (Å²) in [4.78, 5) is 2.31. The number of benzene rings is 2. The van der Waals surface area contributed by atoms with E-state index in [1.165, 1.54) is 16.8 Å². The Morgan fingerprint density at radius 1 is 1.10 bits per heavy atom. The third-order valence-electron chi connectivity index (χ3n) is 3.88. The Bertz CT molecular complexity index is 637. The first-order valence-electron chi connectivity index (χ1n) is 6.99.